The molecule has 5 N–H and O–H groups in total. The molecule has 1 saturated heterocycles. The van der Waals surface area contributed by atoms with Crippen LogP contribution in [0.25, 0.3) is 0 Å². The van der Waals surface area contributed by atoms with Crippen LogP contribution in [0.3, 0.4) is 0 Å². The van der Waals surface area contributed by atoms with Crippen molar-refractivity contribution in [1.29, 1.82) is 0 Å². The van der Waals surface area contributed by atoms with Crippen molar-refractivity contribution >= 4 is 17.8 Å². The minimum atomic E-state index is -4.84. The zero-order valence-corrected chi connectivity index (χ0v) is 19.3. The number of fused-ring (bicyclic) bond motifs is 5. The second-order valence-electron chi connectivity index (χ2n) is 8.97. The van der Waals surface area contributed by atoms with Gasteiger partial charge in [0, 0.05) is 18.7 Å². The first-order valence-electron chi connectivity index (χ1n) is 11.1. The zero-order chi connectivity index (χ0) is 29.0. The van der Waals surface area contributed by atoms with E-state index in [0.29, 0.717) is 6.07 Å². The molecule has 0 saturated carbocycles. The molecule has 39 heavy (non-hydrogen) atoms. The zero-order valence-electron chi connectivity index (χ0n) is 19.3. The van der Waals surface area contributed by atoms with Gasteiger partial charge in [0.2, 0.25) is 5.82 Å². The van der Waals surface area contributed by atoms with Crippen LogP contribution in [0.15, 0.2) is 12.1 Å². The highest BCUT2D eigenvalue weighted by Gasteiger charge is 2.53. The van der Waals surface area contributed by atoms with Crippen LogP contribution < -0.4 is 5.73 Å². The van der Waals surface area contributed by atoms with Crippen LogP contribution in [0.5, 0.6) is 0 Å². The number of aliphatic hydroxyl groups is 1. The van der Waals surface area contributed by atoms with Gasteiger partial charge in [0.25, 0.3) is 5.91 Å². The lowest BCUT2D eigenvalue weighted by Crippen LogP contribution is -2.55. The van der Waals surface area contributed by atoms with E-state index in [4.69, 9.17) is 15.6 Å². The van der Waals surface area contributed by atoms with Gasteiger partial charge in [0.05, 0.1) is 12.1 Å². The first-order valence-corrected chi connectivity index (χ1v) is 11.1. The molecule has 0 spiro atoms. The first kappa shape index (κ1) is 28.2. The Morgan fingerprint density at radius 1 is 1.05 bits per heavy atom. The molecular formula is C21H19F6N5O7. The number of hydrogen-bond acceptors (Lipinski definition) is 8. The predicted molar refractivity (Wildman–Crippen MR) is 111 cm³/mol. The molecule has 1 fully saturated rings. The Morgan fingerprint density at radius 3 is 2.28 bits per heavy atom. The van der Waals surface area contributed by atoms with Gasteiger partial charge in [-0.25, -0.2) is 22.8 Å². The van der Waals surface area contributed by atoms with E-state index in [1.54, 1.807) is 0 Å². The van der Waals surface area contributed by atoms with Gasteiger partial charge < -0.3 is 35.3 Å². The minimum Gasteiger partial charge on any atom is -0.479 e. The summed E-state index contributed by atoms with van der Waals surface area (Å²) in [6.07, 6.45) is -13.0. The fourth-order valence-corrected chi connectivity index (χ4v) is 4.72. The van der Waals surface area contributed by atoms with E-state index in [0.717, 1.165) is 9.47 Å². The molecular weight excluding hydrogens is 548 g/mol. The van der Waals surface area contributed by atoms with Gasteiger partial charge in [-0.15, -0.1) is 10.2 Å². The first-order chi connectivity index (χ1) is 18.1. The second-order valence-corrected chi connectivity index (χ2v) is 8.97. The highest BCUT2D eigenvalue weighted by Crippen LogP contribution is 2.48. The number of hydrogen-bond donors (Lipinski definition) is 4. The summed E-state index contributed by atoms with van der Waals surface area (Å²) in [5.74, 6) is -11.0. The smallest absolute Gasteiger partial charge is 0.451 e. The molecule has 3 heterocycles. The number of likely N-dealkylation sites (tertiary alicyclic amines) is 1. The molecule has 12 nitrogen and oxygen atoms in total. The van der Waals surface area contributed by atoms with Gasteiger partial charge >= 0.3 is 18.1 Å². The number of aliphatic carboxylic acids is 2. The molecule has 2 aliphatic rings. The van der Waals surface area contributed by atoms with Crippen molar-refractivity contribution in [2.45, 2.75) is 55.5 Å². The number of halogens is 6. The lowest BCUT2D eigenvalue weighted by Gasteiger charge is -2.34. The number of carboxylic acids is 2. The summed E-state index contributed by atoms with van der Waals surface area (Å²) in [6.45, 7) is -0.358. The van der Waals surface area contributed by atoms with Crippen LogP contribution in [-0.4, -0.2) is 83.7 Å². The lowest BCUT2D eigenvalue weighted by molar-refractivity contribution is -0.182. The fraction of sp³-hybridized carbons (Fsp3) is 0.476. The third-order valence-corrected chi connectivity index (χ3v) is 6.45. The van der Waals surface area contributed by atoms with E-state index in [-0.39, 0.29) is 24.9 Å². The third-order valence-electron chi connectivity index (χ3n) is 6.45. The molecule has 2 bridgehead atoms. The molecule has 1 aromatic carbocycles. The lowest BCUT2D eigenvalue weighted by atomic mass is 9.99. The molecule has 18 heteroatoms. The number of rotatable bonds is 9. The number of carbonyl (C=O) groups excluding carboxylic acids is 1. The number of aliphatic hydroxyl groups excluding tert-OH is 1. The summed E-state index contributed by atoms with van der Waals surface area (Å²) < 4.78 is 87.1. The molecule has 6 unspecified atom stereocenters. The maximum Gasteiger partial charge on any atom is 0.451 e. The van der Waals surface area contributed by atoms with E-state index in [2.05, 4.69) is 10.2 Å². The molecule has 4 rings (SSSR count). The molecule has 1 aromatic heterocycles. The number of ether oxygens (including phenoxy) is 1. The monoisotopic (exact) mass is 567 g/mol. The maximum atomic E-state index is 14.2. The maximum absolute atomic E-state index is 14.2. The van der Waals surface area contributed by atoms with E-state index < -0.39 is 95.7 Å². The van der Waals surface area contributed by atoms with Crippen molar-refractivity contribution in [3.63, 3.8) is 0 Å². The summed E-state index contributed by atoms with van der Waals surface area (Å²) in [5, 5.41) is 34.9. The fourth-order valence-electron chi connectivity index (χ4n) is 4.72. The number of amides is 1. The highest BCUT2D eigenvalue weighted by atomic mass is 19.4. The van der Waals surface area contributed by atoms with Crippen molar-refractivity contribution in [3.8, 4) is 0 Å². The third kappa shape index (κ3) is 5.13. The Bertz CT molecular complexity index is 1320. The normalized spacial score (nSPS) is 21.4. The molecule has 0 aliphatic carbocycles. The van der Waals surface area contributed by atoms with Crippen LogP contribution in [0.2, 0.25) is 0 Å². The Hall–Kier alpha value is -3.77. The van der Waals surface area contributed by atoms with E-state index >= 15 is 0 Å². The second kappa shape index (κ2) is 10.1. The van der Waals surface area contributed by atoms with Crippen LogP contribution in [-0.2, 0) is 31.7 Å². The van der Waals surface area contributed by atoms with E-state index in [1.165, 1.54) is 0 Å². The highest BCUT2D eigenvalue weighted by molar-refractivity contribution is 5.86. The molecule has 2 aromatic rings. The number of carboxylic acid groups (broad SMARTS) is 2. The number of aromatic nitrogens is 3. The van der Waals surface area contributed by atoms with Gasteiger partial charge in [-0.2, -0.15) is 13.2 Å². The molecule has 2 aliphatic heterocycles. The SMILES string of the molecule is NC(Cc1cc(F)c(F)cc1F)C(OC(C(=O)O)C(O)C(=O)O)C(=O)N1CC2CC1c1nnc(C(F)(F)F)n12. The van der Waals surface area contributed by atoms with Gasteiger partial charge in [-0.05, 0) is 24.5 Å². The summed E-state index contributed by atoms with van der Waals surface area (Å²) in [7, 11) is 0. The van der Waals surface area contributed by atoms with Crippen LogP contribution in [0, 0.1) is 17.5 Å². The van der Waals surface area contributed by atoms with E-state index in [9.17, 15) is 50.9 Å². The summed E-state index contributed by atoms with van der Waals surface area (Å²) in [5.41, 5.74) is 5.44. The summed E-state index contributed by atoms with van der Waals surface area (Å²) in [6, 6.07) is -3.11. The van der Waals surface area contributed by atoms with Gasteiger partial charge in [0.1, 0.15) is 5.82 Å². The molecule has 0 radical (unpaired) electrons. The number of carbonyl (C=O) groups is 3. The van der Waals surface area contributed by atoms with Gasteiger partial charge in [-0.1, -0.05) is 0 Å². The van der Waals surface area contributed by atoms with Crippen LogP contribution in [0.4, 0.5) is 26.3 Å². The Kier molecular flexibility index (Phi) is 7.30. The number of nitrogens with zero attached hydrogens (tertiary/aromatic N) is 4. The Morgan fingerprint density at radius 2 is 1.69 bits per heavy atom. The van der Waals surface area contributed by atoms with Crippen molar-refractivity contribution in [2.75, 3.05) is 6.54 Å². The quantitative estimate of drug-likeness (QED) is 0.245. The number of alkyl halides is 3. The average Bonchev–Trinajstić information content (AvgIpc) is 3.54. The van der Waals surface area contributed by atoms with Crippen molar-refractivity contribution in [2.24, 2.45) is 5.73 Å². The average molecular weight is 567 g/mol. The topological polar surface area (TPSA) is 181 Å². The summed E-state index contributed by atoms with van der Waals surface area (Å²) >= 11 is 0. The molecule has 1 amide bonds. The predicted octanol–water partition coefficient (Wildman–Crippen LogP) is 0.396. The number of benzene rings is 1. The van der Waals surface area contributed by atoms with Crippen LogP contribution >= 0.6 is 0 Å². The Balaban J connectivity index is 1.66. The van der Waals surface area contributed by atoms with Crippen molar-refractivity contribution in [1.82, 2.24) is 19.7 Å². The van der Waals surface area contributed by atoms with Crippen molar-refractivity contribution < 1.29 is 60.8 Å². The van der Waals surface area contributed by atoms with E-state index in [1.807, 2.05) is 0 Å². The molecule has 6 atom stereocenters. The molecule has 212 valence electrons. The minimum absolute atomic E-state index is 0.0282. The van der Waals surface area contributed by atoms with Crippen molar-refractivity contribution in [3.05, 3.63) is 46.8 Å². The standard InChI is InChI=1S/C21H19F6N5O7/c22-8-4-10(24)9(23)1-6(8)2-11(28)14(39-15(19(37)38)13(33)18(35)36)17(34)31-5-7-3-12(31)16-29-30-20(32(7)16)21(25,26)27/h1,4,7,11-15,33H,2-3,5,28H2,(H,35,36)(H,37,38). The van der Waals surface area contributed by atoms with Gasteiger partial charge in [0.15, 0.2) is 35.8 Å². The number of nitrogens with two attached hydrogens (primary N) is 1. The summed E-state index contributed by atoms with van der Waals surface area (Å²) in [4.78, 5) is 37.3. The van der Waals surface area contributed by atoms with Crippen LogP contribution in [0.1, 0.15) is 35.7 Å². The largest absolute Gasteiger partial charge is 0.479 e. The Labute approximate surface area is 213 Å². The van der Waals surface area contributed by atoms with Gasteiger partial charge in [-0.3, -0.25) is 4.79 Å².